The average Bonchev–Trinajstić information content (AvgIpc) is 1.36. The summed E-state index contributed by atoms with van der Waals surface area (Å²) in [6, 6.07) is 0. The summed E-state index contributed by atoms with van der Waals surface area (Å²) in [5.41, 5.74) is 0. The van der Waals surface area contributed by atoms with Crippen LogP contribution in [0.25, 0.3) is 0 Å². The summed E-state index contributed by atoms with van der Waals surface area (Å²) in [5, 5.41) is 0. The van der Waals surface area contributed by atoms with E-state index in [2.05, 4.69) is 0 Å². The summed E-state index contributed by atoms with van der Waals surface area (Å²) < 4.78 is 47.4. The molecule has 40 valence electrons. The molecule has 1 nitrogen and oxygen atoms in total. The van der Waals surface area contributed by atoms with Gasteiger partial charge in [-0.2, -0.15) is 0 Å². The molecule has 0 N–H and O–H groups in total. The van der Waals surface area contributed by atoms with E-state index < -0.39 is 7.25 Å². The van der Waals surface area contributed by atoms with Crippen molar-refractivity contribution in [3.63, 3.8) is 0 Å². The molecule has 0 spiro atoms. The Morgan fingerprint density at radius 2 is 1.00 bits per heavy atom. The molecule has 0 unspecified atom stereocenters. The Balaban J connectivity index is 0. The van der Waals surface area contributed by atoms with E-state index >= 15 is 0 Å². The maximum atomic E-state index is 9.75. The summed E-state index contributed by atoms with van der Waals surface area (Å²) >= 11 is 0.125. The van der Waals surface area contributed by atoms with Gasteiger partial charge in [0.2, 0.25) is 0 Å². The Hall–Kier alpha value is 0.208. The molecule has 0 heterocycles. The molecule has 7 heavy (non-hydrogen) atoms. The molecule has 0 bridgehead atoms. The average molecular weight is 168 g/mol. The van der Waals surface area contributed by atoms with Crippen LogP contribution in [0.15, 0.2) is 0 Å². The van der Waals surface area contributed by atoms with Crippen LogP contribution in [-0.2, 0) is 21.8 Å². The van der Waals surface area contributed by atoms with Crippen LogP contribution in [0.5, 0.6) is 0 Å². The van der Waals surface area contributed by atoms with Gasteiger partial charge in [-0.1, -0.05) is 0 Å². The molecule has 0 amide bonds. The Labute approximate surface area is 47.1 Å². The second-order valence-corrected chi connectivity index (χ2v) is 0.495. The zero-order valence-corrected chi connectivity index (χ0v) is 6.17. The van der Waals surface area contributed by atoms with Crippen molar-refractivity contribution in [1.29, 1.82) is 0 Å². The van der Waals surface area contributed by atoms with Crippen LogP contribution in [-0.4, -0.2) is 7.25 Å². The Morgan fingerprint density at radius 1 is 1.00 bits per heavy atom. The molecule has 0 fully saturated rings. The number of hydrogen-bond donors (Lipinski definition) is 0. The van der Waals surface area contributed by atoms with Crippen LogP contribution >= 0.6 is 0 Å². The molecule has 0 aliphatic rings. The first-order chi connectivity index (χ1) is 3.00. The predicted octanol–water partition coefficient (Wildman–Crippen LogP) is 1.18. The molecule has 0 aromatic rings. The second kappa shape index (κ2) is 4.37. The van der Waals surface area contributed by atoms with Gasteiger partial charge >= 0.3 is 29.1 Å². The molecule has 0 atom stereocenters. The van der Waals surface area contributed by atoms with Crippen LogP contribution in [0.1, 0.15) is 0 Å². The molecular formula is BF4OZn-. The van der Waals surface area contributed by atoms with Crippen LogP contribution in [0, 0.1) is 0 Å². The Kier molecular flexibility index (Phi) is 6.39. The van der Waals surface area contributed by atoms with Crippen molar-refractivity contribution in [3.8, 4) is 0 Å². The summed E-state index contributed by atoms with van der Waals surface area (Å²) in [7, 11) is -6.00. The van der Waals surface area contributed by atoms with Crippen molar-refractivity contribution in [3.05, 3.63) is 0 Å². The maximum absolute atomic E-state index is 9.75. The monoisotopic (exact) mass is 167 g/mol. The van der Waals surface area contributed by atoms with Gasteiger partial charge in [-0.15, -0.1) is 0 Å². The second-order valence-electron chi connectivity index (χ2n) is 0.495. The van der Waals surface area contributed by atoms with E-state index in [-0.39, 0.29) is 18.3 Å². The van der Waals surface area contributed by atoms with E-state index in [9.17, 15) is 17.3 Å². The quantitative estimate of drug-likeness (QED) is 0.392. The molecule has 7 heteroatoms. The summed E-state index contributed by atoms with van der Waals surface area (Å²) in [5.74, 6) is 0. The zero-order chi connectivity index (χ0) is 6.50. The van der Waals surface area contributed by atoms with Crippen LogP contribution in [0.2, 0.25) is 0 Å². The van der Waals surface area contributed by atoms with Crippen LogP contribution in [0.3, 0.4) is 0 Å². The summed E-state index contributed by atoms with van der Waals surface area (Å²) in [6.45, 7) is 0. The van der Waals surface area contributed by atoms with E-state index in [4.69, 9.17) is 3.57 Å². The van der Waals surface area contributed by atoms with Gasteiger partial charge in [-0.3, -0.25) is 0 Å². The van der Waals surface area contributed by atoms with Gasteiger partial charge in [-0.05, 0) is 0 Å². The van der Waals surface area contributed by atoms with Gasteiger partial charge < -0.3 is 17.3 Å². The fraction of sp³-hybridized carbons (Fsp3) is 0. The Morgan fingerprint density at radius 3 is 1.00 bits per heavy atom. The molecule has 0 aromatic carbocycles. The minimum atomic E-state index is -6.00. The van der Waals surface area contributed by atoms with Crippen molar-refractivity contribution in [2.24, 2.45) is 0 Å². The van der Waals surface area contributed by atoms with Crippen LogP contribution < -0.4 is 0 Å². The summed E-state index contributed by atoms with van der Waals surface area (Å²) in [4.78, 5) is 0. The summed E-state index contributed by atoms with van der Waals surface area (Å²) in [6.07, 6.45) is 0. The number of halogens is 4. The normalized spacial score (nSPS) is 9.43. The third kappa shape index (κ3) is 2530. The van der Waals surface area contributed by atoms with Crippen molar-refractivity contribution < 1.29 is 39.1 Å². The van der Waals surface area contributed by atoms with Gasteiger partial charge in [-0.25, -0.2) is 0 Å². The predicted molar refractivity (Wildman–Crippen MR) is 10.9 cm³/mol. The van der Waals surface area contributed by atoms with E-state index in [0.29, 0.717) is 0 Å². The topological polar surface area (TPSA) is 17.1 Å². The Bertz CT molecular complexity index is 35.4. The van der Waals surface area contributed by atoms with E-state index in [1.54, 1.807) is 0 Å². The first kappa shape index (κ1) is 10.2. The van der Waals surface area contributed by atoms with Crippen molar-refractivity contribution in [2.45, 2.75) is 0 Å². The molecular weight excluding hydrogens is 168 g/mol. The number of rotatable bonds is 0. The van der Waals surface area contributed by atoms with Gasteiger partial charge in [0.05, 0.1) is 0 Å². The fourth-order valence-electron chi connectivity index (χ4n) is 0. The van der Waals surface area contributed by atoms with E-state index in [0.717, 1.165) is 0 Å². The van der Waals surface area contributed by atoms with Crippen molar-refractivity contribution in [2.75, 3.05) is 0 Å². The van der Waals surface area contributed by atoms with Gasteiger partial charge in [0, 0.05) is 0 Å². The van der Waals surface area contributed by atoms with E-state index in [1.165, 1.54) is 0 Å². The number of hydrogen-bond acceptors (Lipinski definition) is 1. The first-order valence-electron chi connectivity index (χ1n) is 1.16. The molecule has 0 rings (SSSR count). The van der Waals surface area contributed by atoms with Gasteiger partial charge in [0.1, 0.15) is 0 Å². The van der Waals surface area contributed by atoms with Crippen molar-refractivity contribution in [1.82, 2.24) is 0 Å². The standard InChI is InChI=1S/BF4.O.Zn/c2-1(3,4)5;;/q-1;;. The molecule has 0 aromatic heterocycles. The van der Waals surface area contributed by atoms with Gasteiger partial charge in [0.15, 0.2) is 0 Å². The molecule has 0 aliphatic heterocycles. The third-order valence-electron chi connectivity index (χ3n) is 0. The fourth-order valence-corrected chi connectivity index (χ4v) is 0. The van der Waals surface area contributed by atoms with Crippen molar-refractivity contribution >= 4 is 7.25 Å². The first-order valence-corrected chi connectivity index (χ1v) is 2.37. The SMILES string of the molecule is F[B-](F)(F)F.[O]=[Zn]. The molecule has 0 saturated heterocycles. The van der Waals surface area contributed by atoms with Gasteiger partial charge in [0.25, 0.3) is 0 Å². The zero-order valence-electron chi connectivity index (χ0n) is 3.20. The van der Waals surface area contributed by atoms with E-state index in [1.807, 2.05) is 0 Å². The third-order valence-corrected chi connectivity index (χ3v) is 0. The molecule has 0 radical (unpaired) electrons. The molecule has 0 saturated carbocycles. The molecule has 0 aliphatic carbocycles. The van der Waals surface area contributed by atoms with Crippen LogP contribution in [0.4, 0.5) is 17.3 Å². The minimum absolute atomic E-state index is 0.125.